The zero-order valence-electron chi connectivity index (χ0n) is 9.48. The fraction of sp³-hybridized carbons (Fsp3) is 0.167. The lowest BCUT2D eigenvalue weighted by Crippen LogP contribution is -1.92. The molecule has 2 rings (SSSR count). The van der Waals surface area contributed by atoms with E-state index in [1.807, 2.05) is 31.2 Å². The van der Waals surface area contributed by atoms with Crippen LogP contribution < -0.4 is 9.47 Å². The molecule has 0 spiro atoms. The van der Waals surface area contributed by atoms with E-state index in [-0.39, 0.29) is 0 Å². The highest BCUT2D eigenvalue weighted by molar-refractivity contribution is 9.10. The summed E-state index contributed by atoms with van der Waals surface area (Å²) < 4.78 is 11.5. The van der Waals surface area contributed by atoms with Crippen molar-refractivity contribution in [2.24, 2.45) is 0 Å². The molecule has 1 aromatic carbocycles. The van der Waals surface area contributed by atoms with Crippen molar-refractivity contribution >= 4 is 15.9 Å². The Bertz CT molecular complexity index is 514. The van der Waals surface area contributed by atoms with Crippen molar-refractivity contribution in [1.82, 2.24) is 10.2 Å². The Morgan fingerprint density at radius 1 is 1.12 bits per heavy atom. The Morgan fingerprint density at radius 2 is 1.94 bits per heavy atom. The molecule has 0 bridgehead atoms. The number of aromatic nitrogens is 2. The lowest BCUT2D eigenvalue weighted by Gasteiger charge is -2.07. The number of benzene rings is 1. The molecular formula is C12H11BrN2O2. The van der Waals surface area contributed by atoms with Crippen molar-refractivity contribution in [3.8, 4) is 17.4 Å². The molecule has 0 saturated heterocycles. The van der Waals surface area contributed by atoms with Gasteiger partial charge in [-0.15, -0.1) is 5.10 Å². The molecule has 1 aromatic heterocycles. The van der Waals surface area contributed by atoms with Gasteiger partial charge in [0.1, 0.15) is 11.5 Å². The van der Waals surface area contributed by atoms with Crippen LogP contribution in [0.4, 0.5) is 0 Å². The molecule has 17 heavy (non-hydrogen) atoms. The van der Waals surface area contributed by atoms with Crippen LogP contribution in [0.25, 0.3) is 0 Å². The van der Waals surface area contributed by atoms with Gasteiger partial charge in [0.25, 0.3) is 0 Å². The summed E-state index contributed by atoms with van der Waals surface area (Å²) in [5, 5.41) is 7.86. The summed E-state index contributed by atoms with van der Waals surface area (Å²) in [4.78, 5) is 0. The van der Waals surface area contributed by atoms with Gasteiger partial charge in [0.05, 0.1) is 17.3 Å². The summed E-state index contributed by atoms with van der Waals surface area (Å²) in [6.45, 7) is 1.88. The molecule has 4 nitrogen and oxygen atoms in total. The largest absolute Gasteiger partial charge is 0.497 e. The summed E-state index contributed by atoms with van der Waals surface area (Å²) in [5.41, 5.74) is 0.853. The summed E-state index contributed by atoms with van der Waals surface area (Å²) >= 11 is 3.41. The lowest BCUT2D eigenvalue weighted by molar-refractivity contribution is 0.411. The van der Waals surface area contributed by atoms with Crippen LogP contribution in [0.2, 0.25) is 0 Å². The summed E-state index contributed by atoms with van der Waals surface area (Å²) in [5.74, 6) is 1.89. The van der Waals surface area contributed by atoms with Gasteiger partial charge in [-0.1, -0.05) is 0 Å². The van der Waals surface area contributed by atoms with Crippen LogP contribution >= 0.6 is 15.9 Å². The maximum atomic E-state index is 5.59. The van der Waals surface area contributed by atoms with Gasteiger partial charge in [-0.25, -0.2) is 0 Å². The van der Waals surface area contributed by atoms with Crippen molar-refractivity contribution in [2.45, 2.75) is 6.92 Å². The van der Waals surface area contributed by atoms with Crippen molar-refractivity contribution in [3.63, 3.8) is 0 Å². The fourth-order valence-corrected chi connectivity index (χ4v) is 1.68. The number of hydrogen-bond acceptors (Lipinski definition) is 4. The van der Waals surface area contributed by atoms with Crippen LogP contribution in [0.5, 0.6) is 17.4 Å². The number of methoxy groups -OCH3 is 1. The van der Waals surface area contributed by atoms with Crippen LogP contribution in [0.1, 0.15) is 5.69 Å². The second kappa shape index (κ2) is 5.14. The highest BCUT2D eigenvalue weighted by atomic mass is 79.9. The Labute approximate surface area is 108 Å². The molecule has 1 heterocycles. The van der Waals surface area contributed by atoms with Crippen molar-refractivity contribution < 1.29 is 9.47 Å². The fourth-order valence-electron chi connectivity index (χ4n) is 1.25. The quantitative estimate of drug-likeness (QED) is 0.871. The Hall–Kier alpha value is -1.62. The zero-order valence-corrected chi connectivity index (χ0v) is 11.1. The van der Waals surface area contributed by atoms with Gasteiger partial charge in [-0.05, 0) is 47.1 Å². The van der Waals surface area contributed by atoms with Gasteiger partial charge in [-0.2, -0.15) is 5.10 Å². The molecular weight excluding hydrogens is 284 g/mol. The SMILES string of the molecule is COc1ccc(Oc2ccc(C)nn2)c(Br)c1. The Morgan fingerprint density at radius 3 is 2.53 bits per heavy atom. The molecule has 0 N–H and O–H groups in total. The van der Waals surface area contributed by atoms with Crippen LogP contribution in [0.15, 0.2) is 34.8 Å². The summed E-state index contributed by atoms with van der Waals surface area (Å²) in [7, 11) is 1.62. The monoisotopic (exact) mass is 294 g/mol. The van der Waals surface area contributed by atoms with Gasteiger partial charge >= 0.3 is 0 Å². The maximum absolute atomic E-state index is 5.59. The van der Waals surface area contributed by atoms with E-state index in [0.29, 0.717) is 11.6 Å². The molecule has 88 valence electrons. The first-order valence-electron chi connectivity index (χ1n) is 5.01. The molecule has 0 radical (unpaired) electrons. The van der Waals surface area contributed by atoms with Gasteiger partial charge in [0, 0.05) is 6.07 Å². The van der Waals surface area contributed by atoms with Gasteiger partial charge in [0.2, 0.25) is 5.88 Å². The third-order valence-electron chi connectivity index (χ3n) is 2.13. The molecule has 0 amide bonds. The Kier molecular flexibility index (Phi) is 3.58. The first kappa shape index (κ1) is 11.9. The summed E-state index contributed by atoms with van der Waals surface area (Å²) in [6, 6.07) is 9.09. The number of aryl methyl sites for hydroxylation is 1. The maximum Gasteiger partial charge on any atom is 0.238 e. The second-order valence-electron chi connectivity index (χ2n) is 3.41. The van der Waals surface area contributed by atoms with Crippen LogP contribution in [-0.4, -0.2) is 17.3 Å². The van der Waals surface area contributed by atoms with E-state index in [0.717, 1.165) is 15.9 Å². The predicted molar refractivity (Wildman–Crippen MR) is 67.5 cm³/mol. The molecule has 0 aliphatic carbocycles. The van der Waals surface area contributed by atoms with Gasteiger partial charge in [-0.3, -0.25) is 0 Å². The molecule has 0 fully saturated rings. The molecule has 0 atom stereocenters. The number of nitrogens with zero attached hydrogens (tertiary/aromatic N) is 2. The first-order chi connectivity index (χ1) is 8.19. The highest BCUT2D eigenvalue weighted by Crippen LogP contribution is 2.31. The molecule has 2 aromatic rings. The van der Waals surface area contributed by atoms with E-state index in [4.69, 9.17) is 9.47 Å². The van der Waals surface area contributed by atoms with E-state index in [1.54, 1.807) is 13.2 Å². The highest BCUT2D eigenvalue weighted by Gasteiger charge is 2.05. The third kappa shape index (κ3) is 2.94. The van der Waals surface area contributed by atoms with E-state index in [2.05, 4.69) is 26.1 Å². The Balaban J connectivity index is 2.21. The average molecular weight is 295 g/mol. The van der Waals surface area contributed by atoms with E-state index >= 15 is 0 Å². The minimum atomic E-state index is 0.460. The minimum absolute atomic E-state index is 0.460. The van der Waals surface area contributed by atoms with Crippen LogP contribution in [0.3, 0.4) is 0 Å². The van der Waals surface area contributed by atoms with Crippen molar-refractivity contribution in [1.29, 1.82) is 0 Å². The molecule has 5 heteroatoms. The third-order valence-corrected chi connectivity index (χ3v) is 2.75. The average Bonchev–Trinajstić information content (AvgIpc) is 2.34. The molecule has 0 unspecified atom stereocenters. The van der Waals surface area contributed by atoms with E-state index < -0.39 is 0 Å². The lowest BCUT2D eigenvalue weighted by atomic mass is 10.3. The summed E-state index contributed by atoms with van der Waals surface area (Å²) in [6.07, 6.45) is 0. The number of ether oxygens (including phenoxy) is 2. The van der Waals surface area contributed by atoms with Crippen LogP contribution in [-0.2, 0) is 0 Å². The van der Waals surface area contributed by atoms with E-state index in [9.17, 15) is 0 Å². The molecule has 0 aliphatic heterocycles. The second-order valence-corrected chi connectivity index (χ2v) is 4.27. The zero-order chi connectivity index (χ0) is 12.3. The van der Waals surface area contributed by atoms with Gasteiger partial charge < -0.3 is 9.47 Å². The first-order valence-corrected chi connectivity index (χ1v) is 5.80. The minimum Gasteiger partial charge on any atom is -0.497 e. The molecule has 0 aliphatic rings. The predicted octanol–water partition coefficient (Wildman–Crippen LogP) is 3.35. The number of hydrogen-bond donors (Lipinski definition) is 0. The smallest absolute Gasteiger partial charge is 0.238 e. The van der Waals surface area contributed by atoms with Crippen molar-refractivity contribution in [2.75, 3.05) is 7.11 Å². The number of rotatable bonds is 3. The molecule has 0 saturated carbocycles. The van der Waals surface area contributed by atoms with Crippen molar-refractivity contribution in [3.05, 3.63) is 40.5 Å². The topological polar surface area (TPSA) is 44.2 Å². The van der Waals surface area contributed by atoms with Crippen LogP contribution in [0, 0.1) is 6.92 Å². The standard InChI is InChI=1S/C12H11BrN2O2/c1-8-3-6-12(15-14-8)17-11-5-4-9(16-2)7-10(11)13/h3-7H,1-2H3. The van der Waals surface area contributed by atoms with E-state index in [1.165, 1.54) is 0 Å². The number of halogens is 1. The normalized spacial score (nSPS) is 10.1. The van der Waals surface area contributed by atoms with Gasteiger partial charge in [0.15, 0.2) is 0 Å².